The molecule has 0 heterocycles. The average Bonchev–Trinajstić information content (AvgIpc) is 2.48. The summed E-state index contributed by atoms with van der Waals surface area (Å²) in [7, 11) is -4.25. The predicted octanol–water partition coefficient (Wildman–Crippen LogP) is 1.67. The van der Waals surface area contributed by atoms with Crippen molar-refractivity contribution < 1.29 is 22.8 Å². The second kappa shape index (κ2) is 7.68. The Kier molecular flexibility index (Phi) is 6.20. The zero-order valence-electron chi connectivity index (χ0n) is 12.9. The van der Waals surface area contributed by atoms with E-state index in [2.05, 4.69) is 11.9 Å². The third-order valence-corrected chi connectivity index (χ3v) is 4.54. The smallest absolute Gasteiger partial charge is 0.272 e. The lowest BCUT2D eigenvalue weighted by atomic mass is 10.3. The molecule has 1 N–H and O–H groups in total. The number of hydrogen-bond donors (Lipinski definition) is 1. The highest BCUT2D eigenvalue weighted by Crippen LogP contribution is 2.19. The molecule has 0 saturated carbocycles. The normalized spacial score (nSPS) is 10.7. The maximum atomic E-state index is 12.3. The van der Waals surface area contributed by atoms with Gasteiger partial charge in [0, 0.05) is 17.7 Å². The molecule has 0 spiro atoms. The van der Waals surface area contributed by atoms with Gasteiger partial charge in [-0.25, -0.2) is 8.42 Å². The van der Waals surface area contributed by atoms with E-state index in [-0.39, 0.29) is 22.0 Å². The van der Waals surface area contributed by atoms with Gasteiger partial charge in [-0.1, -0.05) is 13.5 Å². The summed E-state index contributed by atoms with van der Waals surface area (Å²) in [6.07, 6.45) is 0.360. The maximum Gasteiger partial charge on any atom is 0.272 e. The Bertz CT molecular complexity index is 723. The number of carbonyl (C=O) groups excluding carboxylic acids is 3. The summed E-state index contributed by atoms with van der Waals surface area (Å²) < 4.78 is 24.8. The molecule has 1 rings (SSSR count). The highest BCUT2D eigenvalue weighted by Gasteiger charge is 2.28. The van der Waals surface area contributed by atoms with Crippen LogP contribution in [0.3, 0.4) is 0 Å². The molecular formula is C15H18N2O5S. The number of benzene rings is 1. The largest absolute Gasteiger partial charge is 0.322 e. The van der Waals surface area contributed by atoms with Gasteiger partial charge >= 0.3 is 0 Å². The van der Waals surface area contributed by atoms with Crippen LogP contribution in [0.5, 0.6) is 0 Å². The number of carbonyl (C=O) groups is 3. The first-order valence-corrected chi connectivity index (χ1v) is 8.27. The molecule has 8 heteroatoms. The minimum absolute atomic E-state index is 0.00983. The van der Waals surface area contributed by atoms with Gasteiger partial charge in [-0.15, -0.1) is 0 Å². The van der Waals surface area contributed by atoms with Crippen molar-refractivity contribution in [3.05, 3.63) is 36.4 Å². The summed E-state index contributed by atoms with van der Waals surface area (Å²) in [4.78, 5) is 34.0. The van der Waals surface area contributed by atoms with Crippen molar-refractivity contribution in [3.8, 4) is 0 Å². The van der Waals surface area contributed by atoms with Crippen LogP contribution >= 0.6 is 0 Å². The molecule has 0 radical (unpaired) electrons. The Hall–Kier alpha value is -2.48. The second-order valence-corrected chi connectivity index (χ2v) is 6.62. The minimum atomic E-state index is -4.25. The zero-order valence-corrected chi connectivity index (χ0v) is 13.7. The van der Waals surface area contributed by atoms with Crippen LogP contribution in [0.1, 0.15) is 26.7 Å². The lowest BCUT2D eigenvalue weighted by Gasteiger charge is -2.15. The Morgan fingerprint density at radius 1 is 1.26 bits per heavy atom. The van der Waals surface area contributed by atoms with Crippen LogP contribution < -0.4 is 5.32 Å². The van der Waals surface area contributed by atoms with Gasteiger partial charge in [0.2, 0.25) is 12.3 Å². The van der Waals surface area contributed by atoms with E-state index in [0.29, 0.717) is 17.7 Å². The van der Waals surface area contributed by atoms with Crippen molar-refractivity contribution in [1.82, 2.24) is 4.31 Å². The predicted molar refractivity (Wildman–Crippen MR) is 84.9 cm³/mol. The summed E-state index contributed by atoms with van der Waals surface area (Å²) >= 11 is 0. The SMILES string of the molecule is C=C(C)C(=O)Nc1ccc(S(=O)(=O)N(C=O)C(=O)CCC)cc1. The fourth-order valence-electron chi connectivity index (χ4n) is 1.64. The van der Waals surface area contributed by atoms with Crippen LogP contribution in [0.4, 0.5) is 5.69 Å². The first-order valence-electron chi connectivity index (χ1n) is 6.83. The van der Waals surface area contributed by atoms with Crippen LogP contribution in [0.25, 0.3) is 0 Å². The minimum Gasteiger partial charge on any atom is -0.322 e. The summed E-state index contributed by atoms with van der Waals surface area (Å²) in [5.74, 6) is -1.18. The number of sulfonamides is 1. The van der Waals surface area contributed by atoms with Crippen molar-refractivity contribution in [2.24, 2.45) is 0 Å². The van der Waals surface area contributed by atoms with Crippen LogP contribution in [0.15, 0.2) is 41.3 Å². The quantitative estimate of drug-likeness (QED) is 0.602. The highest BCUT2D eigenvalue weighted by atomic mass is 32.2. The molecule has 0 bridgehead atoms. The molecule has 0 aliphatic heterocycles. The molecule has 1 aromatic carbocycles. The first kappa shape index (κ1) is 18.6. The van der Waals surface area contributed by atoms with Gasteiger partial charge in [0.1, 0.15) is 0 Å². The molecule has 0 aliphatic rings. The van der Waals surface area contributed by atoms with Gasteiger partial charge in [-0.2, -0.15) is 4.31 Å². The summed E-state index contributed by atoms with van der Waals surface area (Å²) in [5.41, 5.74) is 0.675. The molecule has 23 heavy (non-hydrogen) atoms. The third-order valence-electron chi connectivity index (χ3n) is 2.86. The van der Waals surface area contributed by atoms with E-state index < -0.39 is 21.8 Å². The second-order valence-electron chi connectivity index (χ2n) is 4.81. The third kappa shape index (κ3) is 4.49. The molecule has 1 aromatic rings. The summed E-state index contributed by atoms with van der Waals surface area (Å²) in [6, 6.07) is 5.14. The topological polar surface area (TPSA) is 101 Å². The number of imide groups is 1. The fourth-order valence-corrected chi connectivity index (χ4v) is 2.81. The first-order chi connectivity index (χ1) is 10.7. The van der Waals surface area contributed by atoms with Crippen LogP contribution in [-0.2, 0) is 24.4 Å². The maximum absolute atomic E-state index is 12.3. The number of hydrogen-bond acceptors (Lipinski definition) is 5. The summed E-state index contributed by atoms with van der Waals surface area (Å²) in [5, 5.41) is 2.52. The summed E-state index contributed by atoms with van der Waals surface area (Å²) in [6.45, 7) is 6.73. The van der Waals surface area contributed by atoms with E-state index in [1.807, 2.05) is 0 Å². The number of amides is 3. The molecule has 7 nitrogen and oxygen atoms in total. The van der Waals surface area contributed by atoms with Crippen molar-refractivity contribution in [1.29, 1.82) is 0 Å². The average molecular weight is 338 g/mol. The van der Waals surface area contributed by atoms with Crippen molar-refractivity contribution >= 4 is 33.9 Å². The molecular weight excluding hydrogens is 320 g/mol. The molecule has 0 fully saturated rings. The van der Waals surface area contributed by atoms with E-state index in [4.69, 9.17) is 0 Å². The number of anilines is 1. The lowest BCUT2D eigenvalue weighted by Crippen LogP contribution is -2.35. The van der Waals surface area contributed by atoms with E-state index in [1.165, 1.54) is 31.2 Å². The van der Waals surface area contributed by atoms with Gasteiger partial charge in [-0.05, 0) is 37.6 Å². The molecule has 0 aliphatic carbocycles. The monoisotopic (exact) mass is 338 g/mol. The molecule has 0 unspecified atom stereocenters. The van der Waals surface area contributed by atoms with Crippen LogP contribution in [-0.4, -0.2) is 30.9 Å². The Morgan fingerprint density at radius 2 is 1.83 bits per heavy atom. The molecule has 0 atom stereocenters. The molecule has 0 saturated heterocycles. The number of nitrogens with one attached hydrogen (secondary N) is 1. The van der Waals surface area contributed by atoms with Crippen molar-refractivity contribution in [3.63, 3.8) is 0 Å². The Labute approximate surface area is 135 Å². The highest BCUT2D eigenvalue weighted by molar-refractivity contribution is 7.90. The van der Waals surface area contributed by atoms with E-state index >= 15 is 0 Å². The number of rotatable bonds is 7. The van der Waals surface area contributed by atoms with Crippen LogP contribution in [0.2, 0.25) is 0 Å². The van der Waals surface area contributed by atoms with Gasteiger partial charge in [0.05, 0.1) is 4.90 Å². The lowest BCUT2D eigenvalue weighted by molar-refractivity contribution is -0.132. The van der Waals surface area contributed by atoms with Gasteiger partial charge in [-0.3, -0.25) is 14.4 Å². The van der Waals surface area contributed by atoms with Crippen molar-refractivity contribution in [2.75, 3.05) is 5.32 Å². The molecule has 3 amide bonds. The standard InChI is InChI=1S/C15H18N2O5S/c1-4-5-14(19)17(10-18)23(21,22)13-8-6-12(7-9-13)16-15(20)11(2)3/h6-10H,2,4-5H2,1,3H3,(H,16,20). The van der Waals surface area contributed by atoms with E-state index in [9.17, 15) is 22.8 Å². The Balaban J connectivity index is 3.05. The number of nitrogens with zero attached hydrogens (tertiary/aromatic N) is 1. The van der Waals surface area contributed by atoms with Gasteiger partial charge in [0.25, 0.3) is 15.9 Å². The van der Waals surface area contributed by atoms with E-state index in [0.717, 1.165) is 0 Å². The zero-order chi connectivity index (χ0) is 17.6. The van der Waals surface area contributed by atoms with Crippen molar-refractivity contribution in [2.45, 2.75) is 31.6 Å². The van der Waals surface area contributed by atoms with Gasteiger partial charge < -0.3 is 5.32 Å². The van der Waals surface area contributed by atoms with E-state index in [1.54, 1.807) is 6.92 Å². The molecule has 0 aromatic heterocycles. The Morgan fingerprint density at radius 3 is 2.26 bits per heavy atom. The van der Waals surface area contributed by atoms with Crippen LogP contribution in [0, 0.1) is 0 Å². The molecule has 124 valence electrons. The fraction of sp³-hybridized carbons (Fsp3) is 0.267. The van der Waals surface area contributed by atoms with Gasteiger partial charge in [0.15, 0.2) is 0 Å².